The zero-order valence-electron chi connectivity index (χ0n) is 9.84. The Morgan fingerprint density at radius 2 is 2.11 bits per heavy atom. The molecule has 1 saturated carbocycles. The number of ether oxygens (including phenoxy) is 1. The van der Waals surface area contributed by atoms with E-state index < -0.39 is 4.92 Å². The quantitative estimate of drug-likeness (QED) is 0.677. The molecule has 0 aromatic heterocycles. The number of benzene rings is 1. The van der Waals surface area contributed by atoms with Gasteiger partial charge in [-0.05, 0) is 25.3 Å². The normalized spacial score (nSPS) is 23.7. The van der Waals surface area contributed by atoms with Gasteiger partial charge in [-0.25, -0.2) is 0 Å². The van der Waals surface area contributed by atoms with Gasteiger partial charge >= 0.3 is 5.69 Å². The number of halogens is 1. The summed E-state index contributed by atoms with van der Waals surface area (Å²) in [7, 11) is 0. The molecular weight excluding hydrogens is 256 g/mol. The van der Waals surface area contributed by atoms with Crippen LogP contribution >= 0.6 is 11.6 Å². The molecule has 1 aliphatic carbocycles. The highest BCUT2D eigenvalue weighted by molar-refractivity contribution is 6.32. The molecule has 98 valence electrons. The van der Waals surface area contributed by atoms with Crippen LogP contribution in [0.5, 0.6) is 5.75 Å². The number of rotatable bonds is 3. The molecule has 0 saturated heterocycles. The lowest BCUT2D eigenvalue weighted by Gasteiger charge is -2.29. The van der Waals surface area contributed by atoms with Gasteiger partial charge in [0.05, 0.1) is 9.95 Å². The molecule has 5 nitrogen and oxygen atoms in total. The van der Waals surface area contributed by atoms with Gasteiger partial charge in [0.15, 0.2) is 0 Å². The molecule has 0 radical (unpaired) electrons. The molecule has 0 aliphatic heterocycles. The summed E-state index contributed by atoms with van der Waals surface area (Å²) in [5, 5.41) is 11.2. The molecule has 0 spiro atoms. The maximum absolute atomic E-state index is 10.9. The lowest BCUT2D eigenvalue weighted by Crippen LogP contribution is -2.41. The van der Waals surface area contributed by atoms with E-state index >= 15 is 0 Å². The van der Waals surface area contributed by atoms with E-state index in [1.54, 1.807) is 6.07 Å². The van der Waals surface area contributed by atoms with Crippen LogP contribution < -0.4 is 10.5 Å². The Bertz CT molecular complexity index is 453. The van der Waals surface area contributed by atoms with Crippen LogP contribution in [0.25, 0.3) is 0 Å². The monoisotopic (exact) mass is 270 g/mol. The number of hydrogen-bond acceptors (Lipinski definition) is 4. The van der Waals surface area contributed by atoms with Crippen LogP contribution in [0.2, 0.25) is 5.02 Å². The SMILES string of the molecule is NC1CCCCC1Oc1c(Cl)cccc1[N+](=O)[O-]. The number of para-hydroxylation sites is 1. The smallest absolute Gasteiger partial charge is 0.312 e. The molecule has 2 unspecified atom stereocenters. The fourth-order valence-corrected chi connectivity index (χ4v) is 2.40. The van der Waals surface area contributed by atoms with Crippen molar-refractivity contribution < 1.29 is 9.66 Å². The predicted octanol–water partition coefficient (Wildman–Crippen LogP) is 2.90. The summed E-state index contributed by atoms with van der Waals surface area (Å²) in [5.74, 6) is 0.131. The second-order valence-corrected chi connectivity index (χ2v) is 4.86. The number of nitrogens with two attached hydrogens (primary N) is 1. The highest BCUT2D eigenvalue weighted by atomic mass is 35.5. The van der Waals surface area contributed by atoms with Gasteiger partial charge in [-0.2, -0.15) is 0 Å². The first-order valence-electron chi connectivity index (χ1n) is 5.94. The van der Waals surface area contributed by atoms with Crippen LogP contribution in [0.15, 0.2) is 18.2 Å². The number of nitro benzene ring substituents is 1. The summed E-state index contributed by atoms with van der Waals surface area (Å²) in [6, 6.07) is 4.41. The Morgan fingerprint density at radius 3 is 2.78 bits per heavy atom. The molecule has 1 aromatic carbocycles. The largest absolute Gasteiger partial charge is 0.481 e. The van der Waals surface area contributed by atoms with Crippen molar-refractivity contribution in [2.45, 2.75) is 37.8 Å². The average molecular weight is 271 g/mol. The first kappa shape index (κ1) is 13.1. The molecule has 6 heteroatoms. The van der Waals surface area contributed by atoms with E-state index in [1.165, 1.54) is 12.1 Å². The predicted molar refractivity (Wildman–Crippen MR) is 69.0 cm³/mol. The molecule has 2 rings (SSSR count). The second kappa shape index (κ2) is 5.54. The average Bonchev–Trinajstić information content (AvgIpc) is 2.34. The Morgan fingerprint density at radius 1 is 1.39 bits per heavy atom. The number of hydrogen-bond donors (Lipinski definition) is 1. The maximum Gasteiger partial charge on any atom is 0.312 e. The van der Waals surface area contributed by atoms with Crippen molar-refractivity contribution in [3.8, 4) is 5.75 Å². The summed E-state index contributed by atoms with van der Waals surface area (Å²) < 4.78 is 5.69. The van der Waals surface area contributed by atoms with Crippen LogP contribution in [0.3, 0.4) is 0 Å². The van der Waals surface area contributed by atoms with E-state index in [4.69, 9.17) is 22.1 Å². The Balaban J connectivity index is 2.24. The molecule has 1 aromatic rings. The van der Waals surface area contributed by atoms with Crippen molar-refractivity contribution in [1.82, 2.24) is 0 Å². The van der Waals surface area contributed by atoms with Crippen LogP contribution in [0.4, 0.5) is 5.69 Å². The van der Waals surface area contributed by atoms with Gasteiger partial charge in [0.1, 0.15) is 6.10 Å². The van der Waals surface area contributed by atoms with Gasteiger partial charge in [0.2, 0.25) is 5.75 Å². The van der Waals surface area contributed by atoms with Gasteiger partial charge in [-0.15, -0.1) is 0 Å². The first-order chi connectivity index (χ1) is 8.59. The summed E-state index contributed by atoms with van der Waals surface area (Å²) in [5.41, 5.74) is 5.85. The van der Waals surface area contributed by atoms with Gasteiger partial charge < -0.3 is 10.5 Å². The van der Waals surface area contributed by atoms with E-state index in [9.17, 15) is 10.1 Å². The van der Waals surface area contributed by atoms with Crippen LogP contribution in [-0.2, 0) is 0 Å². The minimum atomic E-state index is -0.491. The molecular formula is C12H15ClN2O3. The zero-order valence-corrected chi connectivity index (χ0v) is 10.6. The molecule has 2 atom stereocenters. The van der Waals surface area contributed by atoms with Crippen molar-refractivity contribution in [3.05, 3.63) is 33.3 Å². The molecule has 1 aliphatic rings. The standard InChI is InChI=1S/C12H15ClN2O3/c13-8-4-3-6-10(15(16)17)12(8)18-11-7-2-1-5-9(11)14/h3-4,6,9,11H,1-2,5,7,14H2. The second-order valence-electron chi connectivity index (χ2n) is 4.45. The van der Waals surface area contributed by atoms with Crippen molar-refractivity contribution in [2.24, 2.45) is 5.73 Å². The summed E-state index contributed by atoms with van der Waals surface area (Å²) in [6.45, 7) is 0. The molecule has 1 fully saturated rings. The highest BCUT2D eigenvalue weighted by Gasteiger charge is 2.27. The Kier molecular flexibility index (Phi) is 4.04. The van der Waals surface area contributed by atoms with E-state index in [2.05, 4.69) is 0 Å². The molecule has 2 N–H and O–H groups in total. The van der Waals surface area contributed by atoms with E-state index in [1.807, 2.05) is 0 Å². The summed E-state index contributed by atoms with van der Waals surface area (Å²) in [6.07, 6.45) is 3.59. The summed E-state index contributed by atoms with van der Waals surface area (Å²) >= 11 is 5.97. The van der Waals surface area contributed by atoms with Gasteiger partial charge in [-0.3, -0.25) is 10.1 Å². The van der Waals surface area contributed by atoms with Gasteiger partial charge in [-0.1, -0.05) is 24.1 Å². The van der Waals surface area contributed by atoms with Crippen LogP contribution in [-0.4, -0.2) is 17.1 Å². The molecule has 0 heterocycles. The fraction of sp³-hybridized carbons (Fsp3) is 0.500. The lowest BCUT2D eigenvalue weighted by atomic mass is 9.93. The van der Waals surface area contributed by atoms with E-state index in [-0.39, 0.29) is 28.6 Å². The Labute approximate surface area is 110 Å². The van der Waals surface area contributed by atoms with Crippen molar-refractivity contribution in [3.63, 3.8) is 0 Å². The number of nitrogens with zero attached hydrogens (tertiary/aromatic N) is 1. The van der Waals surface area contributed by atoms with Crippen LogP contribution in [0, 0.1) is 10.1 Å². The molecule has 0 bridgehead atoms. The number of nitro groups is 1. The minimum absolute atomic E-state index is 0.0883. The Hall–Kier alpha value is -1.33. The third-order valence-corrected chi connectivity index (χ3v) is 3.46. The van der Waals surface area contributed by atoms with E-state index in [0.717, 1.165) is 25.7 Å². The third kappa shape index (κ3) is 2.73. The fourth-order valence-electron chi connectivity index (χ4n) is 2.18. The van der Waals surface area contributed by atoms with Crippen LogP contribution in [0.1, 0.15) is 25.7 Å². The molecule has 0 amide bonds. The van der Waals surface area contributed by atoms with Gasteiger partial charge in [0.25, 0.3) is 0 Å². The maximum atomic E-state index is 10.9. The van der Waals surface area contributed by atoms with Crippen molar-refractivity contribution in [1.29, 1.82) is 0 Å². The topological polar surface area (TPSA) is 78.4 Å². The highest BCUT2D eigenvalue weighted by Crippen LogP contribution is 2.36. The zero-order chi connectivity index (χ0) is 13.1. The minimum Gasteiger partial charge on any atom is -0.481 e. The third-order valence-electron chi connectivity index (χ3n) is 3.17. The van der Waals surface area contributed by atoms with E-state index in [0.29, 0.717) is 0 Å². The van der Waals surface area contributed by atoms with Crippen molar-refractivity contribution in [2.75, 3.05) is 0 Å². The lowest BCUT2D eigenvalue weighted by molar-refractivity contribution is -0.386. The van der Waals surface area contributed by atoms with Gasteiger partial charge in [0, 0.05) is 12.1 Å². The summed E-state index contributed by atoms with van der Waals surface area (Å²) in [4.78, 5) is 10.4. The van der Waals surface area contributed by atoms with Crippen molar-refractivity contribution >= 4 is 17.3 Å². The molecule has 18 heavy (non-hydrogen) atoms. The first-order valence-corrected chi connectivity index (χ1v) is 6.32.